The molecule has 0 spiro atoms. The third-order valence-corrected chi connectivity index (χ3v) is 4.03. The topological polar surface area (TPSA) is 64.6 Å². The predicted octanol–water partition coefficient (Wildman–Crippen LogP) is 4.73. The molecule has 1 N–H and O–H groups in total. The summed E-state index contributed by atoms with van der Waals surface area (Å²) in [4.78, 5) is 24.0. The number of esters is 1. The number of carbonyl (C=O) groups excluding carboxylic acids is 2. The highest BCUT2D eigenvalue weighted by atomic mass is 19.1. The minimum atomic E-state index is -0.502. The monoisotopic (exact) mass is 393 g/mol. The summed E-state index contributed by atoms with van der Waals surface area (Å²) in [5.41, 5.74) is 1.29. The van der Waals surface area contributed by atoms with Gasteiger partial charge in [0.1, 0.15) is 11.6 Å². The van der Waals surface area contributed by atoms with Gasteiger partial charge in [-0.25, -0.2) is 4.39 Å². The molecule has 0 bridgehead atoms. The van der Waals surface area contributed by atoms with Crippen LogP contribution in [0.5, 0.6) is 11.5 Å². The van der Waals surface area contributed by atoms with Crippen LogP contribution in [0.15, 0.2) is 78.9 Å². The van der Waals surface area contributed by atoms with Crippen molar-refractivity contribution in [1.29, 1.82) is 0 Å². The molecule has 0 unspecified atom stereocenters. The second-order valence-electron chi connectivity index (χ2n) is 6.25. The SMILES string of the molecule is O=C(COC(=O)CCc1ccc(F)cc1)Nc1ccccc1Oc1ccccc1. The van der Waals surface area contributed by atoms with Crippen molar-refractivity contribution in [2.75, 3.05) is 11.9 Å². The lowest BCUT2D eigenvalue weighted by Gasteiger charge is -2.12. The van der Waals surface area contributed by atoms with Crippen LogP contribution in [-0.4, -0.2) is 18.5 Å². The number of amides is 1. The molecular formula is C23H20FNO4. The zero-order valence-electron chi connectivity index (χ0n) is 15.6. The van der Waals surface area contributed by atoms with Crippen molar-refractivity contribution in [2.45, 2.75) is 12.8 Å². The fourth-order valence-electron chi connectivity index (χ4n) is 2.58. The number of halogens is 1. The molecule has 0 saturated carbocycles. The van der Waals surface area contributed by atoms with Crippen molar-refractivity contribution in [3.63, 3.8) is 0 Å². The standard InChI is InChI=1S/C23H20FNO4/c24-18-13-10-17(11-14-18)12-15-23(27)28-16-22(26)25-20-8-4-5-9-21(20)29-19-6-2-1-3-7-19/h1-11,13-14H,12,15-16H2,(H,25,26). The maximum Gasteiger partial charge on any atom is 0.306 e. The Morgan fingerprint density at radius 2 is 1.55 bits per heavy atom. The van der Waals surface area contributed by atoms with E-state index in [1.807, 2.05) is 30.3 Å². The molecule has 3 aromatic rings. The smallest absolute Gasteiger partial charge is 0.306 e. The Bertz CT molecular complexity index is 958. The molecule has 148 valence electrons. The van der Waals surface area contributed by atoms with Gasteiger partial charge in [0.15, 0.2) is 12.4 Å². The van der Waals surface area contributed by atoms with Crippen LogP contribution in [-0.2, 0) is 20.7 Å². The van der Waals surface area contributed by atoms with Crippen LogP contribution in [0, 0.1) is 5.82 Å². The number of hydrogen-bond acceptors (Lipinski definition) is 4. The molecule has 5 nitrogen and oxygen atoms in total. The van der Waals surface area contributed by atoms with Gasteiger partial charge in [0.2, 0.25) is 0 Å². The Kier molecular flexibility index (Phi) is 6.95. The Labute approximate surface area is 168 Å². The molecule has 0 radical (unpaired) electrons. The van der Waals surface area contributed by atoms with Gasteiger partial charge in [-0.1, -0.05) is 42.5 Å². The lowest BCUT2D eigenvalue weighted by atomic mass is 10.1. The van der Waals surface area contributed by atoms with Crippen LogP contribution in [0.1, 0.15) is 12.0 Å². The summed E-state index contributed by atoms with van der Waals surface area (Å²) < 4.78 is 23.7. The average molecular weight is 393 g/mol. The first-order chi connectivity index (χ1) is 14.1. The summed E-state index contributed by atoms with van der Waals surface area (Å²) in [6, 6.07) is 22.1. The molecule has 3 rings (SSSR count). The predicted molar refractivity (Wildman–Crippen MR) is 107 cm³/mol. The molecule has 0 fully saturated rings. The average Bonchev–Trinajstić information content (AvgIpc) is 2.74. The largest absolute Gasteiger partial charge is 0.456 e. The highest BCUT2D eigenvalue weighted by Gasteiger charge is 2.11. The number of para-hydroxylation sites is 3. The Morgan fingerprint density at radius 3 is 2.31 bits per heavy atom. The van der Waals surface area contributed by atoms with E-state index >= 15 is 0 Å². The van der Waals surface area contributed by atoms with Crippen LogP contribution >= 0.6 is 0 Å². The fraction of sp³-hybridized carbons (Fsp3) is 0.130. The molecular weight excluding hydrogens is 373 g/mol. The normalized spacial score (nSPS) is 10.2. The summed E-state index contributed by atoms with van der Waals surface area (Å²) >= 11 is 0. The van der Waals surface area contributed by atoms with Gasteiger partial charge in [-0.05, 0) is 48.4 Å². The molecule has 6 heteroatoms. The number of anilines is 1. The van der Waals surface area contributed by atoms with Crippen LogP contribution in [0.25, 0.3) is 0 Å². The zero-order valence-corrected chi connectivity index (χ0v) is 15.6. The molecule has 0 aliphatic rings. The molecule has 0 saturated heterocycles. The van der Waals surface area contributed by atoms with Gasteiger partial charge in [-0.15, -0.1) is 0 Å². The highest BCUT2D eigenvalue weighted by Crippen LogP contribution is 2.28. The van der Waals surface area contributed by atoms with Gasteiger partial charge in [0.25, 0.3) is 5.91 Å². The first kappa shape index (κ1) is 20.1. The van der Waals surface area contributed by atoms with Crippen LogP contribution in [0.3, 0.4) is 0 Å². The summed E-state index contributed by atoms with van der Waals surface area (Å²) in [5, 5.41) is 2.68. The van der Waals surface area contributed by atoms with Gasteiger partial charge in [0.05, 0.1) is 5.69 Å². The first-order valence-corrected chi connectivity index (χ1v) is 9.12. The Morgan fingerprint density at radius 1 is 0.862 bits per heavy atom. The van der Waals surface area contributed by atoms with Gasteiger partial charge in [-0.2, -0.15) is 0 Å². The van der Waals surface area contributed by atoms with Gasteiger partial charge < -0.3 is 14.8 Å². The van der Waals surface area contributed by atoms with Crippen molar-refractivity contribution in [3.05, 3.63) is 90.2 Å². The second-order valence-corrected chi connectivity index (χ2v) is 6.25. The van der Waals surface area contributed by atoms with Crippen LogP contribution < -0.4 is 10.1 Å². The number of benzene rings is 3. The number of nitrogens with one attached hydrogen (secondary N) is 1. The van der Waals surface area contributed by atoms with Gasteiger partial charge in [0, 0.05) is 6.42 Å². The van der Waals surface area contributed by atoms with Gasteiger partial charge >= 0.3 is 5.97 Å². The summed E-state index contributed by atoms with van der Waals surface area (Å²) in [5.74, 6) is -0.178. The highest BCUT2D eigenvalue weighted by molar-refractivity contribution is 5.94. The lowest BCUT2D eigenvalue weighted by Crippen LogP contribution is -2.21. The van der Waals surface area contributed by atoms with Crippen molar-refractivity contribution in [3.8, 4) is 11.5 Å². The number of carbonyl (C=O) groups is 2. The molecule has 0 aliphatic heterocycles. The lowest BCUT2D eigenvalue weighted by molar-refractivity contribution is -0.147. The van der Waals surface area contributed by atoms with E-state index < -0.39 is 18.5 Å². The maximum atomic E-state index is 12.9. The number of hydrogen-bond donors (Lipinski definition) is 1. The molecule has 0 aliphatic carbocycles. The van der Waals surface area contributed by atoms with Crippen LogP contribution in [0.2, 0.25) is 0 Å². The number of rotatable bonds is 8. The summed E-state index contributed by atoms with van der Waals surface area (Å²) in [6.45, 7) is -0.401. The van der Waals surface area contributed by atoms with Crippen molar-refractivity contribution in [2.24, 2.45) is 0 Å². The molecule has 29 heavy (non-hydrogen) atoms. The van der Waals surface area contributed by atoms with E-state index in [4.69, 9.17) is 9.47 Å². The van der Waals surface area contributed by atoms with E-state index in [-0.39, 0.29) is 12.2 Å². The summed E-state index contributed by atoms with van der Waals surface area (Å²) in [7, 11) is 0. The Hall–Kier alpha value is -3.67. The molecule has 3 aromatic carbocycles. The maximum absolute atomic E-state index is 12.9. The number of ether oxygens (including phenoxy) is 2. The summed E-state index contributed by atoms with van der Waals surface area (Å²) in [6.07, 6.45) is 0.515. The van der Waals surface area contributed by atoms with E-state index in [9.17, 15) is 14.0 Å². The van der Waals surface area contributed by atoms with Gasteiger partial charge in [-0.3, -0.25) is 9.59 Å². The third kappa shape index (κ3) is 6.46. The third-order valence-electron chi connectivity index (χ3n) is 4.03. The molecule has 0 atom stereocenters. The van der Waals surface area contributed by atoms with E-state index in [0.717, 1.165) is 5.56 Å². The van der Waals surface area contributed by atoms with E-state index in [1.54, 1.807) is 36.4 Å². The van der Waals surface area contributed by atoms with Crippen molar-refractivity contribution >= 4 is 17.6 Å². The van der Waals surface area contributed by atoms with Crippen LogP contribution in [0.4, 0.5) is 10.1 Å². The van der Waals surface area contributed by atoms with Crippen molar-refractivity contribution in [1.82, 2.24) is 0 Å². The minimum Gasteiger partial charge on any atom is -0.456 e. The quantitative estimate of drug-likeness (QED) is 0.562. The molecule has 0 aromatic heterocycles. The van der Waals surface area contributed by atoms with E-state index in [2.05, 4.69) is 5.32 Å². The molecule has 0 heterocycles. The minimum absolute atomic E-state index is 0.104. The number of aryl methyl sites for hydroxylation is 1. The first-order valence-electron chi connectivity index (χ1n) is 9.12. The van der Waals surface area contributed by atoms with Crippen molar-refractivity contribution < 1.29 is 23.5 Å². The Balaban J connectivity index is 1.48. The second kappa shape index (κ2) is 10.0. The van der Waals surface area contributed by atoms with E-state index in [0.29, 0.717) is 23.6 Å². The fourth-order valence-corrected chi connectivity index (χ4v) is 2.58. The zero-order chi connectivity index (χ0) is 20.5. The molecule has 1 amide bonds. The van der Waals surface area contributed by atoms with E-state index in [1.165, 1.54) is 12.1 Å².